The van der Waals surface area contributed by atoms with Crippen molar-refractivity contribution in [2.24, 2.45) is 5.92 Å². The van der Waals surface area contributed by atoms with Gasteiger partial charge >= 0.3 is 0 Å². The van der Waals surface area contributed by atoms with Gasteiger partial charge < -0.3 is 5.32 Å². The van der Waals surface area contributed by atoms with Crippen molar-refractivity contribution in [3.05, 3.63) is 35.4 Å². The van der Waals surface area contributed by atoms with E-state index in [2.05, 4.69) is 50.4 Å². The van der Waals surface area contributed by atoms with Crippen LogP contribution in [0.4, 0.5) is 0 Å². The Morgan fingerprint density at radius 3 is 2.32 bits per heavy atom. The first-order valence-corrected chi connectivity index (χ1v) is 7.35. The number of carbonyl (C=O) groups is 1. The molecule has 0 bridgehead atoms. The van der Waals surface area contributed by atoms with E-state index in [1.807, 2.05) is 0 Å². The Kier molecular flexibility index (Phi) is 4.28. The lowest BCUT2D eigenvalue weighted by Crippen LogP contribution is -2.53. The Morgan fingerprint density at radius 2 is 1.89 bits per heavy atom. The van der Waals surface area contributed by atoms with E-state index in [4.69, 9.17) is 0 Å². The van der Waals surface area contributed by atoms with Crippen molar-refractivity contribution >= 4 is 6.41 Å². The van der Waals surface area contributed by atoms with E-state index in [-0.39, 0.29) is 11.5 Å². The van der Waals surface area contributed by atoms with E-state index < -0.39 is 0 Å². The van der Waals surface area contributed by atoms with Crippen LogP contribution < -0.4 is 5.32 Å². The third kappa shape index (κ3) is 2.83. The minimum Gasteiger partial charge on any atom is -0.355 e. The molecule has 1 aliphatic carbocycles. The SMILES string of the molecule is Cc1ccc(C2(C(CC(C)C)NC=O)CCC2)cc1. The van der Waals surface area contributed by atoms with Crippen LogP contribution in [-0.4, -0.2) is 12.5 Å². The molecule has 2 heteroatoms. The summed E-state index contributed by atoms with van der Waals surface area (Å²) in [6, 6.07) is 9.12. The van der Waals surface area contributed by atoms with Gasteiger partial charge in [0.1, 0.15) is 0 Å². The fourth-order valence-electron chi connectivity index (χ4n) is 3.29. The summed E-state index contributed by atoms with van der Waals surface area (Å²) < 4.78 is 0. The van der Waals surface area contributed by atoms with E-state index in [1.54, 1.807) is 0 Å². The van der Waals surface area contributed by atoms with Gasteiger partial charge in [-0.1, -0.05) is 50.1 Å². The van der Waals surface area contributed by atoms with Crippen molar-refractivity contribution < 1.29 is 4.79 Å². The highest BCUT2D eigenvalue weighted by Crippen LogP contribution is 2.47. The normalized spacial score (nSPS) is 18.7. The fourth-order valence-corrected chi connectivity index (χ4v) is 3.29. The number of hydrogen-bond donors (Lipinski definition) is 1. The first-order chi connectivity index (χ1) is 9.08. The van der Waals surface area contributed by atoms with Gasteiger partial charge in [-0.05, 0) is 37.7 Å². The second-order valence-electron chi connectivity index (χ2n) is 6.34. The molecule has 0 saturated heterocycles. The second kappa shape index (κ2) is 5.77. The zero-order valence-corrected chi connectivity index (χ0v) is 12.3. The summed E-state index contributed by atoms with van der Waals surface area (Å²) in [7, 11) is 0. The molecule has 1 N–H and O–H groups in total. The lowest BCUT2D eigenvalue weighted by Gasteiger charge is -2.48. The third-order valence-corrected chi connectivity index (χ3v) is 4.52. The van der Waals surface area contributed by atoms with Gasteiger partial charge in [-0.15, -0.1) is 0 Å². The predicted octanol–water partition coefficient (Wildman–Crippen LogP) is 3.58. The topological polar surface area (TPSA) is 29.1 Å². The molecule has 0 radical (unpaired) electrons. The van der Waals surface area contributed by atoms with Crippen molar-refractivity contribution in [3.63, 3.8) is 0 Å². The van der Waals surface area contributed by atoms with Crippen molar-refractivity contribution in [1.29, 1.82) is 0 Å². The molecular formula is C17H25NO. The van der Waals surface area contributed by atoms with Crippen LogP contribution in [0.1, 0.15) is 50.7 Å². The molecule has 1 atom stereocenters. The van der Waals surface area contributed by atoms with Crippen LogP contribution >= 0.6 is 0 Å². The van der Waals surface area contributed by atoms with E-state index in [1.165, 1.54) is 30.4 Å². The van der Waals surface area contributed by atoms with Gasteiger partial charge in [0.05, 0.1) is 0 Å². The van der Waals surface area contributed by atoms with E-state index >= 15 is 0 Å². The summed E-state index contributed by atoms with van der Waals surface area (Å²) in [5.74, 6) is 0.598. The van der Waals surface area contributed by atoms with Crippen molar-refractivity contribution in [3.8, 4) is 0 Å². The molecule has 1 unspecified atom stereocenters. The fraction of sp³-hybridized carbons (Fsp3) is 0.588. The Hall–Kier alpha value is -1.31. The van der Waals surface area contributed by atoms with Crippen LogP contribution in [0, 0.1) is 12.8 Å². The Balaban J connectivity index is 2.28. The maximum absolute atomic E-state index is 11.0. The van der Waals surface area contributed by atoms with Crippen LogP contribution in [0.5, 0.6) is 0 Å². The highest BCUT2D eigenvalue weighted by atomic mass is 16.1. The zero-order valence-electron chi connectivity index (χ0n) is 12.3. The molecule has 1 saturated carbocycles. The molecule has 104 valence electrons. The molecule has 1 aliphatic rings. The van der Waals surface area contributed by atoms with Gasteiger partial charge in [0, 0.05) is 11.5 Å². The number of hydrogen-bond acceptors (Lipinski definition) is 1. The number of nitrogens with one attached hydrogen (secondary N) is 1. The van der Waals surface area contributed by atoms with Crippen molar-refractivity contribution in [1.82, 2.24) is 5.32 Å². The van der Waals surface area contributed by atoms with Crippen LogP contribution in [0.2, 0.25) is 0 Å². The highest BCUT2D eigenvalue weighted by Gasteiger charge is 2.45. The molecule has 1 aromatic rings. The van der Waals surface area contributed by atoms with Gasteiger partial charge in [-0.2, -0.15) is 0 Å². The van der Waals surface area contributed by atoms with Crippen LogP contribution in [-0.2, 0) is 10.2 Å². The lowest BCUT2D eigenvalue weighted by atomic mass is 9.59. The van der Waals surface area contributed by atoms with Gasteiger partial charge in [-0.25, -0.2) is 0 Å². The molecule has 19 heavy (non-hydrogen) atoms. The minimum absolute atomic E-state index is 0.166. The first kappa shape index (κ1) is 14.1. The third-order valence-electron chi connectivity index (χ3n) is 4.52. The van der Waals surface area contributed by atoms with E-state index in [0.29, 0.717) is 5.92 Å². The van der Waals surface area contributed by atoms with Gasteiger partial charge in [0.25, 0.3) is 0 Å². The maximum atomic E-state index is 11.0. The van der Waals surface area contributed by atoms with Gasteiger partial charge in [0.2, 0.25) is 6.41 Å². The number of rotatable bonds is 6. The van der Waals surface area contributed by atoms with Crippen molar-refractivity contribution in [2.45, 2.75) is 57.9 Å². The summed E-state index contributed by atoms with van der Waals surface area (Å²) in [4.78, 5) is 11.0. The molecule has 2 rings (SSSR count). The maximum Gasteiger partial charge on any atom is 0.207 e. The molecule has 1 amide bonds. The van der Waals surface area contributed by atoms with Gasteiger partial charge in [0.15, 0.2) is 0 Å². The molecule has 1 fully saturated rings. The second-order valence-corrected chi connectivity index (χ2v) is 6.34. The quantitative estimate of drug-likeness (QED) is 0.777. The summed E-state index contributed by atoms with van der Waals surface area (Å²) >= 11 is 0. The van der Waals surface area contributed by atoms with Crippen molar-refractivity contribution in [2.75, 3.05) is 0 Å². The monoisotopic (exact) mass is 259 g/mol. The largest absolute Gasteiger partial charge is 0.355 e. The van der Waals surface area contributed by atoms with E-state index in [9.17, 15) is 4.79 Å². The smallest absolute Gasteiger partial charge is 0.207 e. The first-order valence-electron chi connectivity index (χ1n) is 7.35. The van der Waals surface area contributed by atoms with Crippen LogP contribution in [0.15, 0.2) is 24.3 Å². The highest BCUT2D eigenvalue weighted by molar-refractivity contribution is 5.48. The predicted molar refractivity (Wildman–Crippen MR) is 79.2 cm³/mol. The summed E-state index contributed by atoms with van der Waals surface area (Å²) in [6.07, 6.45) is 5.57. The zero-order chi connectivity index (χ0) is 13.9. The summed E-state index contributed by atoms with van der Waals surface area (Å²) in [5, 5.41) is 3.09. The number of carbonyl (C=O) groups excluding carboxylic acids is 1. The van der Waals surface area contributed by atoms with Gasteiger partial charge in [-0.3, -0.25) is 4.79 Å². The minimum atomic E-state index is 0.166. The van der Waals surface area contributed by atoms with Crippen LogP contribution in [0.25, 0.3) is 0 Å². The molecule has 1 aromatic carbocycles. The number of benzene rings is 1. The standard InChI is InChI=1S/C17H25NO/c1-13(2)11-16(18-12-19)17(9-4-10-17)15-7-5-14(3)6-8-15/h5-8,12-13,16H,4,9-11H2,1-3H3,(H,18,19). The molecule has 0 aliphatic heterocycles. The summed E-state index contributed by atoms with van der Waals surface area (Å²) in [6.45, 7) is 6.56. The molecule has 0 aromatic heterocycles. The summed E-state index contributed by atoms with van der Waals surface area (Å²) in [5.41, 5.74) is 2.85. The average molecular weight is 259 g/mol. The molecular weight excluding hydrogens is 234 g/mol. The number of amides is 1. The Morgan fingerprint density at radius 1 is 1.26 bits per heavy atom. The molecule has 2 nitrogen and oxygen atoms in total. The Bertz CT molecular complexity index is 417. The Labute approximate surface area is 116 Å². The van der Waals surface area contributed by atoms with E-state index in [0.717, 1.165) is 12.8 Å². The molecule has 0 spiro atoms. The van der Waals surface area contributed by atoms with Crippen LogP contribution in [0.3, 0.4) is 0 Å². The number of aryl methyl sites for hydroxylation is 1. The molecule has 0 heterocycles. The lowest BCUT2D eigenvalue weighted by molar-refractivity contribution is -0.111. The average Bonchev–Trinajstić information content (AvgIpc) is 2.29.